The number of fused-ring (bicyclic) bond motifs is 1. The molecule has 0 radical (unpaired) electrons. The van der Waals surface area contributed by atoms with Gasteiger partial charge in [-0.15, -0.1) is 0 Å². The van der Waals surface area contributed by atoms with Crippen LogP contribution in [0.3, 0.4) is 0 Å². The second-order valence-electron chi connectivity index (χ2n) is 2.92. The number of H-pyrrole nitrogens is 1. The molecular formula is C8H7N3O3. The number of carbonyl (C=O) groups is 1. The van der Waals surface area contributed by atoms with E-state index in [1.54, 1.807) is 6.92 Å². The van der Waals surface area contributed by atoms with Gasteiger partial charge in [-0.3, -0.25) is 9.20 Å². The predicted molar refractivity (Wildman–Crippen MR) is 47.5 cm³/mol. The van der Waals surface area contributed by atoms with Gasteiger partial charge in [0, 0.05) is 18.0 Å². The third-order valence-electron chi connectivity index (χ3n) is 1.81. The van der Waals surface area contributed by atoms with Gasteiger partial charge >= 0.3 is 5.97 Å². The van der Waals surface area contributed by atoms with Crippen molar-refractivity contribution in [2.75, 3.05) is 0 Å². The minimum absolute atomic E-state index is 0.149. The van der Waals surface area contributed by atoms with Gasteiger partial charge in [-0.25, -0.2) is 9.78 Å². The minimum Gasteiger partial charge on any atom is -0.476 e. The number of aromatic nitrogens is 3. The first kappa shape index (κ1) is 8.49. The highest BCUT2D eigenvalue weighted by atomic mass is 16.4. The third-order valence-corrected chi connectivity index (χ3v) is 1.81. The van der Waals surface area contributed by atoms with Gasteiger partial charge < -0.3 is 10.1 Å². The minimum atomic E-state index is -1.15. The summed E-state index contributed by atoms with van der Waals surface area (Å²) in [7, 11) is 0. The fourth-order valence-electron chi connectivity index (χ4n) is 1.21. The second kappa shape index (κ2) is 2.69. The van der Waals surface area contributed by atoms with E-state index >= 15 is 0 Å². The van der Waals surface area contributed by atoms with E-state index in [4.69, 9.17) is 5.11 Å². The van der Waals surface area contributed by atoms with E-state index in [9.17, 15) is 9.59 Å². The summed E-state index contributed by atoms with van der Waals surface area (Å²) in [5, 5.41) is 8.65. The van der Waals surface area contributed by atoms with Crippen LogP contribution >= 0.6 is 0 Å². The quantitative estimate of drug-likeness (QED) is 0.668. The first-order valence-corrected chi connectivity index (χ1v) is 3.90. The number of rotatable bonds is 1. The molecule has 14 heavy (non-hydrogen) atoms. The SMILES string of the molecule is Cc1cc(=O)n2cc(C(=O)O)nc2[nH]1. The molecule has 2 aromatic rings. The lowest BCUT2D eigenvalue weighted by Crippen LogP contribution is -2.12. The van der Waals surface area contributed by atoms with Crippen LogP contribution in [0.15, 0.2) is 17.1 Å². The van der Waals surface area contributed by atoms with Crippen molar-refractivity contribution >= 4 is 11.7 Å². The molecule has 0 atom stereocenters. The summed E-state index contributed by atoms with van der Waals surface area (Å²) in [5.41, 5.74) is 0.199. The molecule has 0 saturated carbocycles. The van der Waals surface area contributed by atoms with Crippen LogP contribution in [-0.4, -0.2) is 25.4 Å². The summed E-state index contributed by atoms with van der Waals surface area (Å²) in [5.74, 6) is -0.911. The van der Waals surface area contributed by atoms with E-state index in [0.29, 0.717) is 5.69 Å². The Bertz CT molecular complexity index is 567. The van der Waals surface area contributed by atoms with E-state index < -0.39 is 5.97 Å². The Morgan fingerprint density at radius 2 is 2.36 bits per heavy atom. The van der Waals surface area contributed by atoms with Crippen molar-refractivity contribution in [2.24, 2.45) is 0 Å². The molecule has 72 valence electrons. The zero-order valence-corrected chi connectivity index (χ0v) is 7.31. The molecule has 0 amide bonds. The van der Waals surface area contributed by atoms with Crippen LogP contribution in [0.1, 0.15) is 16.2 Å². The van der Waals surface area contributed by atoms with Crippen molar-refractivity contribution < 1.29 is 9.90 Å². The van der Waals surface area contributed by atoms with Crippen LogP contribution < -0.4 is 5.56 Å². The number of hydrogen-bond acceptors (Lipinski definition) is 3. The van der Waals surface area contributed by atoms with Gasteiger partial charge in [0.1, 0.15) is 0 Å². The third kappa shape index (κ3) is 1.17. The van der Waals surface area contributed by atoms with Crippen LogP contribution in [0.4, 0.5) is 0 Å². The zero-order valence-electron chi connectivity index (χ0n) is 7.31. The summed E-state index contributed by atoms with van der Waals surface area (Å²) < 4.78 is 1.16. The number of aromatic carboxylic acids is 1. The predicted octanol–water partition coefficient (Wildman–Crippen LogP) is 0.0292. The summed E-state index contributed by atoms with van der Waals surface area (Å²) in [6.45, 7) is 1.70. The molecule has 0 aromatic carbocycles. The molecule has 0 spiro atoms. The normalized spacial score (nSPS) is 10.6. The lowest BCUT2D eigenvalue weighted by Gasteiger charge is -1.93. The Labute approximate surface area is 77.8 Å². The van der Waals surface area contributed by atoms with Crippen molar-refractivity contribution in [1.29, 1.82) is 0 Å². The van der Waals surface area contributed by atoms with Crippen molar-refractivity contribution in [3.63, 3.8) is 0 Å². The first-order valence-electron chi connectivity index (χ1n) is 3.90. The topological polar surface area (TPSA) is 87.5 Å². The van der Waals surface area contributed by atoms with E-state index in [1.165, 1.54) is 12.3 Å². The molecule has 6 heteroatoms. The molecule has 0 saturated heterocycles. The highest BCUT2D eigenvalue weighted by Gasteiger charge is 2.10. The number of imidazole rings is 1. The summed E-state index contributed by atoms with van der Waals surface area (Å²) in [6.07, 6.45) is 1.19. The highest BCUT2D eigenvalue weighted by Crippen LogP contribution is 2.00. The molecule has 6 nitrogen and oxygen atoms in total. The van der Waals surface area contributed by atoms with Crippen LogP contribution in [0.5, 0.6) is 0 Å². The zero-order chi connectivity index (χ0) is 10.3. The van der Waals surface area contributed by atoms with Crippen molar-refractivity contribution in [1.82, 2.24) is 14.4 Å². The molecular weight excluding hydrogens is 186 g/mol. The average Bonchev–Trinajstić information content (AvgIpc) is 2.47. The molecule has 2 heterocycles. The molecule has 0 fully saturated rings. The standard InChI is InChI=1S/C8H7N3O3/c1-4-2-6(12)11-3-5(7(13)14)10-8(11)9-4/h2-3H,1H3,(H,9,10)(H,13,14). The first-order chi connectivity index (χ1) is 6.58. The Balaban J connectivity index is 2.83. The highest BCUT2D eigenvalue weighted by molar-refractivity contribution is 5.85. The van der Waals surface area contributed by atoms with Gasteiger partial charge in [0.2, 0.25) is 5.78 Å². The average molecular weight is 193 g/mol. The Kier molecular flexibility index (Phi) is 1.63. The van der Waals surface area contributed by atoms with Crippen LogP contribution in [0.2, 0.25) is 0 Å². The maximum Gasteiger partial charge on any atom is 0.356 e. The summed E-state index contributed by atoms with van der Waals surface area (Å²) in [6, 6.07) is 1.38. The molecule has 0 bridgehead atoms. The van der Waals surface area contributed by atoms with Crippen molar-refractivity contribution in [2.45, 2.75) is 6.92 Å². The Morgan fingerprint density at radius 1 is 1.64 bits per heavy atom. The van der Waals surface area contributed by atoms with Gasteiger partial charge in [0.05, 0.1) is 0 Å². The summed E-state index contributed by atoms with van der Waals surface area (Å²) in [4.78, 5) is 28.5. The molecule has 2 N–H and O–H groups in total. The monoisotopic (exact) mass is 193 g/mol. The van der Waals surface area contributed by atoms with E-state index in [2.05, 4.69) is 9.97 Å². The Morgan fingerprint density at radius 3 is 3.00 bits per heavy atom. The number of nitrogens with one attached hydrogen (secondary N) is 1. The van der Waals surface area contributed by atoms with Crippen LogP contribution in [0, 0.1) is 6.92 Å². The van der Waals surface area contributed by atoms with E-state index in [-0.39, 0.29) is 17.0 Å². The van der Waals surface area contributed by atoms with Gasteiger partial charge in [0.15, 0.2) is 5.69 Å². The molecule has 2 rings (SSSR count). The molecule has 0 unspecified atom stereocenters. The van der Waals surface area contributed by atoms with Crippen molar-refractivity contribution in [3.05, 3.63) is 34.0 Å². The number of carboxylic acid groups (broad SMARTS) is 1. The fourth-order valence-corrected chi connectivity index (χ4v) is 1.21. The van der Waals surface area contributed by atoms with E-state index in [1.807, 2.05) is 0 Å². The number of hydrogen-bond donors (Lipinski definition) is 2. The smallest absolute Gasteiger partial charge is 0.356 e. The van der Waals surface area contributed by atoms with Gasteiger partial charge in [-0.05, 0) is 6.92 Å². The maximum atomic E-state index is 11.3. The van der Waals surface area contributed by atoms with Gasteiger partial charge in [-0.2, -0.15) is 0 Å². The van der Waals surface area contributed by atoms with Crippen molar-refractivity contribution in [3.8, 4) is 0 Å². The number of aromatic amines is 1. The fraction of sp³-hybridized carbons (Fsp3) is 0.125. The number of aryl methyl sites for hydroxylation is 1. The second-order valence-corrected chi connectivity index (χ2v) is 2.92. The number of nitrogens with zero attached hydrogens (tertiary/aromatic N) is 2. The molecule has 0 aliphatic rings. The largest absolute Gasteiger partial charge is 0.476 e. The van der Waals surface area contributed by atoms with E-state index in [0.717, 1.165) is 4.40 Å². The van der Waals surface area contributed by atoms with Gasteiger partial charge in [-0.1, -0.05) is 0 Å². The van der Waals surface area contributed by atoms with Crippen LogP contribution in [-0.2, 0) is 0 Å². The molecule has 0 aliphatic heterocycles. The molecule has 2 aromatic heterocycles. The summed E-state index contributed by atoms with van der Waals surface area (Å²) >= 11 is 0. The van der Waals surface area contributed by atoms with Crippen LogP contribution in [0.25, 0.3) is 5.78 Å². The molecule has 0 aliphatic carbocycles. The maximum absolute atomic E-state index is 11.3. The lowest BCUT2D eigenvalue weighted by molar-refractivity contribution is 0.0691. The Hall–Kier alpha value is -2.11. The van der Waals surface area contributed by atoms with Gasteiger partial charge in [0.25, 0.3) is 5.56 Å². The number of carboxylic acids is 1. The lowest BCUT2D eigenvalue weighted by atomic mass is 10.4.